The van der Waals surface area contributed by atoms with Crippen molar-refractivity contribution in [3.8, 4) is 0 Å². The zero-order valence-corrected chi connectivity index (χ0v) is 9.51. The highest BCUT2D eigenvalue weighted by molar-refractivity contribution is 6.31. The second kappa shape index (κ2) is 3.83. The molecule has 0 bridgehead atoms. The summed E-state index contributed by atoms with van der Waals surface area (Å²) in [5, 5.41) is 3.82. The van der Waals surface area contributed by atoms with Crippen LogP contribution in [0.15, 0.2) is 18.2 Å². The molecule has 1 atom stereocenters. The number of fused-ring (bicyclic) bond motifs is 1. The van der Waals surface area contributed by atoms with Crippen LogP contribution in [0.4, 0.5) is 5.69 Å². The molecule has 1 aromatic carbocycles. The van der Waals surface area contributed by atoms with E-state index in [-0.39, 0.29) is 11.9 Å². The largest absolute Gasteiger partial charge is 0.313 e. The first kappa shape index (κ1) is 10.5. The minimum Gasteiger partial charge on any atom is -0.313 e. The summed E-state index contributed by atoms with van der Waals surface area (Å²) in [6.07, 6.45) is 0. The van der Waals surface area contributed by atoms with E-state index in [1.807, 2.05) is 25.1 Å². The van der Waals surface area contributed by atoms with Crippen molar-refractivity contribution in [2.45, 2.75) is 13.0 Å². The van der Waals surface area contributed by atoms with Gasteiger partial charge in [-0.1, -0.05) is 24.6 Å². The van der Waals surface area contributed by atoms with Gasteiger partial charge in [0.05, 0.1) is 5.69 Å². The average Bonchev–Trinajstić information content (AvgIpc) is 2.44. The maximum atomic E-state index is 11.9. The Hall–Kier alpha value is -1.06. The van der Waals surface area contributed by atoms with E-state index in [1.54, 1.807) is 11.9 Å². The highest BCUT2D eigenvalue weighted by Gasteiger charge is 2.34. The molecule has 1 heterocycles. The van der Waals surface area contributed by atoms with Gasteiger partial charge < -0.3 is 10.2 Å². The van der Waals surface area contributed by atoms with Crippen molar-refractivity contribution in [3.63, 3.8) is 0 Å². The molecule has 2 rings (SSSR count). The Kier molecular flexibility index (Phi) is 2.67. The Labute approximate surface area is 94.0 Å². The maximum Gasteiger partial charge on any atom is 0.248 e. The van der Waals surface area contributed by atoms with Gasteiger partial charge in [0.25, 0.3) is 0 Å². The highest BCUT2D eigenvalue weighted by Crippen LogP contribution is 2.36. The molecule has 15 heavy (non-hydrogen) atoms. The molecule has 0 aliphatic carbocycles. The summed E-state index contributed by atoms with van der Waals surface area (Å²) in [6.45, 7) is 2.76. The number of hydrogen-bond acceptors (Lipinski definition) is 2. The molecule has 1 aliphatic heterocycles. The molecule has 0 radical (unpaired) electrons. The lowest BCUT2D eigenvalue weighted by atomic mass is 10.1. The summed E-state index contributed by atoms with van der Waals surface area (Å²) in [5.74, 6) is 0.0779. The second-order valence-corrected chi connectivity index (χ2v) is 4.03. The molecule has 0 saturated heterocycles. The molecule has 4 heteroatoms. The number of nitrogens with zero attached hydrogens (tertiary/aromatic N) is 1. The zero-order valence-electron chi connectivity index (χ0n) is 8.75. The van der Waals surface area contributed by atoms with Gasteiger partial charge in [0.1, 0.15) is 6.04 Å². The number of likely N-dealkylation sites (N-methyl/N-ethyl adjacent to an activating group) is 2. The highest BCUT2D eigenvalue weighted by atomic mass is 35.5. The van der Waals surface area contributed by atoms with E-state index < -0.39 is 0 Å². The fraction of sp³-hybridized carbons (Fsp3) is 0.364. The normalized spacial score (nSPS) is 19.5. The van der Waals surface area contributed by atoms with Crippen LogP contribution in [0.25, 0.3) is 0 Å². The van der Waals surface area contributed by atoms with Gasteiger partial charge in [-0.3, -0.25) is 4.79 Å². The average molecular weight is 225 g/mol. The molecule has 0 aromatic heterocycles. The standard InChI is InChI=1S/C11H13ClN2O/c1-3-13-10-8-5-4-7(12)6-9(8)14(2)11(10)15/h4-6,10,13H,3H2,1-2H3. The topological polar surface area (TPSA) is 32.3 Å². The van der Waals surface area contributed by atoms with Gasteiger partial charge >= 0.3 is 0 Å². The third-order valence-electron chi connectivity index (χ3n) is 2.65. The Morgan fingerprint density at radius 1 is 1.53 bits per heavy atom. The van der Waals surface area contributed by atoms with E-state index >= 15 is 0 Å². The number of carbonyl (C=O) groups excluding carboxylic acids is 1. The second-order valence-electron chi connectivity index (χ2n) is 3.59. The van der Waals surface area contributed by atoms with E-state index in [0.717, 1.165) is 17.8 Å². The number of nitrogens with one attached hydrogen (secondary N) is 1. The summed E-state index contributed by atoms with van der Waals surface area (Å²) < 4.78 is 0. The molecule has 1 N–H and O–H groups in total. The predicted octanol–water partition coefficient (Wildman–Crippen LogP) is 1.97. The number of carbonyl (C=O) groups is 1. The third-order valence-corrected chi connectivity index (χ3v) is 2.89. The molecule has 0 spiro atoms. The quantitative estimate of drug-likeness (QED) is 0.833. The first-order chi connectivity index (χ1) is 7.15. The summed E-state index contributed by atoms with van der Waals surface area (Å²) in [7, 11) is 1.77. The summed E-state index contributed by atoms with van der Waals surface area (Å²) >= 11 is 5.90. The molecule has 1 aromatic rings. The van der Waals surface area contributed by atoms with Crippen molar-refractivity contribution in [2.75, 3.05) is 18.5 Å². The number of halogens is 1. The van der Waals surface area contributed by atoms with Crippen LogP contribution in [0.1, 0.15) is 18.5 Å². The summed E-state index contributed by atoms with van der Waals surface area (Å²) in [5.41, 5.74) is 1.91. The van der Waals surface area contributed by atoms with Gasteiger partial charge in [-0.05, 0) is 18.7 Å². The van der Waals surface area contributed by atoms with Gasteiger partial charge in [0, 0.05) is 17.6 Å². The molecule has 1 aliphatic rings. The monoisotopic (exact) mass is 224 g/mol. The Balaban J connectivity index is 2.46. The van der Waals surface area contributed by atoms with Gasteiger partial charge in [0.15, 0.2) is 0 Å². The van der Waals surface area contributed by atoms with E-state index in [4.69, 9.17) is 11.6 Å². The van der Waals surface area contributed by atoms with Crippen molar-refractivity contribution in [1.82, 2.24) is 5.32 Å². The Morgan fingerprint density at radius 2 is 2.27 bits per heavy atom. The van der Waals surface area contributed by atoms with Crippen LogP contribution >= 0.6 is 11.6 Å². The van der Waals surface area contributed by atoms with Crippen LogP contribution in [0, 0.1) is 0 Å². The molecular formula is C11H13ClN2O. The van der Waals surface area contributed by atoms with Gasteiger partial charge in [-0.25, -0.2) is 0 Å². The molecular weight excluding hydrogens is 212 g/mol. The lowest BCUT2D eigenvalue weighted by Gasteiger charge is -2.11. The molecule has 0 fully saturated rings. The van der Waals surface area contributed by atoms with Crippen LogP contribution in [0.3, 0.4) is 0 Å². The SMILES string of the molecule is CCNC1C(=O)N(C)c2cc(Cl)ccc21. The molecule has 0 saturated carbocycles. The molecule has 1 amide bonds. The molecule has 80 valence electrons. The predicted molar refractivity (Wildman–Crippen MR) is 61.3 cm³/mol. The summed E-state index contributed by atoms with van der Waals surface area (Å²) in [4.78, 5) is 13.5. The zero-order chi connectivity index (χ0) is 11.0. The Morgan fingerprint density at radius 3 is 2.93 bits per heavy atom. The van der Waals surface area contributed by atoms with Crippen LogP contribution in [0.2, 0.25) is 5.02 Å². The van der Waals surface area contributed by atoms with Crippen LogP contribution < -0.4 is 10.2 Å². The molecule has 3 nitrogen and oxygen atoms in total. The number of hydrogen-bond donors (Lipinski definition) is 1. The first-order valence-electron chi connectivity index (χ1n) is 4.95. The first-order valence-corrected chi connectivity index (χ1v) is 5.33. The fourth-order valence-corrected chi connectivity index (χ4v) is 2.06. The maximum absolute atomic E-state index is 11.9. The fourth-order valence-electron chi connectivity index (χ4n) is 1.90. The van der Waals surface area contributed by atoms with E-state index in [9.17, 15) is 4.79 Å². The van der Waals surface area contributed by atoms with E-state index in [1.165, 1.54) is 0 Å². The summed E-state index contributed by atoms with van der Waals surface area (Å²) in [6, 6.07) is 5.34. The number of benzene rings is 1. The van der Waals surface area contributed by atoms with Gasteiger partial charge in [-0.2, -0.15) is 0 Å². The third kappa shape index (κ3) is 1.62. The van der Waals surface area contributed by atoms with Crippen LogP contribution in [-0.4, -0.2) is 19.5 Å². The lowest BCUT2D eigenvalue weighted by molar-refractivity contribution is -0.119. The van der Waals surface area contributed by atoms with E-state index in [0.29, 0.717) is 5.02 Å². The van der Waals surface area contributed by atoms with Crippen molar-refractivity contribution < 1.29 is 4.79 Å². The van der Waals surface area contributed by atoms with Gasteiger partial charge in [0.2, 0.25) is 5.91 Å². The number of anilines is 1. The van der Waals surface area contributed by atoms with Gasteiger partial charge in [-0.15, -0.1) is 0 Å². The van der Waals surface area contributed by atoms with Crippen molar-refractivity contribution >= 4 is 23.2 Å². The minimum atomic E-state index is -0.215. The van der Waals surface area contributed by atoms with Crippen LogP contribution in [0.5, 0.6) is 0 Å². The molecule has 1 unspecified atom stereocenters. The Bertz CT molecular complexity index is 406. The smallest absolute Gasteiger partial charge is 0.248 e. The van der Waals surface area contributed by atoms with Crippen molar-refractivity contribution in [3.05, 3.63) is 28.8 Å². The van der Waals surface area contributed by atoms with Crippen molar-refractivity contribution in [1.29, 1.82) is 0 Å². The van der Waals surface area contributed by atoms with Crippen LogP contribution in [-0.2, 0) is 4.79 Å². The number of rotatable bonds is 2. The lowest BCUT2D eigenvalue weighted by Crippen LogP contribution is -2.32. The van der Waals surface area contributed by atoms with E-state index in [2.05, 4.69) is 5.32 Å². The van der Waals surface area contributed by atoms with Crippen molar-refractivity contribution in [2.24, 2.45) is 0 Å². The number of amides is 1. The minimum absolute atomic E-state index is 0.0779.